The molecule has 0 aromatic heterocycles. The van der Waals surface area contributed by atoms with E-state index in [1.54, 1.807) is 12.1 Å². The average molecular weight is 361 g/mol. The summed E-state index contributed by atoms with van der Waals surface area (Å²) in [7, 11) is 4.07. The van der Waals surface area contributed by atoms with E-state index in [0.29, 0.717) is 11.1 Å². The first-order chi connectivity index (χ1) is 12.3. The van der Waals surface area contributed by atoms with Crippen molar-refractivity contribution in [3.8, 4) is 0 Å². The Labute approximate surface area is 152 Å². The molecule has 138 valence electrons. The van der Waals surface area contributed by atoms with Crippen LogP contribution in [0.1, 0.15) is 33.5 Å². The van der Waals surface area contributed by atoms with Gasteiger partial charge in [-0.1, -0.05) is 42.5 Å². The quantitative estimate of drug-likeness (QED) is 0.505. The summed E-state index contributed by atoms with van der Waals surface area (Å²) in [5, 5.41) is 0. The molecule has 26 heavy (non-hydrogen) atoms. The standard InChI is InChI=1S/C21H22F3NO/c1-25(2)15-3-4-16-5-10-18(11-6-16)20(26)14-9-17-7-12-19(13-8-17)21(22,23)24/h5-14H,3-4,15H2,1-2H3/b14-9+. The molecule has 2 nitrogen and oxygen atoms in total. The molecule has 0 atom stereocenters. The van der Waals surface area contributed by atoms with Crippen LogP contribution >= 0.6 is 0 Å². The van der Waals surface area contributed by atoms with Crippen molar-refractivity contribution in [1.29, 1.82) is 0 Å². The lowest BCUT2D eigenvalue weighted by atomic mass is 10.0. The van der Waals surface area contributed by atoms with E-state index in [9.17, 15) is 18.0 Å². The summed E-state index contributed by atoms with van der Waals surface area (Å²) in [5.74, 6) is -0.176. The fourth-order valence-corrected chi connectivity index (χ4v) is 2.49. The second-order valence-electron chi connectivity index (χ2n) is 6.42. The van der Waals surface area contributed by atoms with Crippen LogP contribution in [0.15, 0.2) is 54.6 Å². The average Bonchev–Trinajstić information content (AvgIpc) is 2.59. The number of aryl methyl sites for hydroxylation is 1. The van der Waals surface area contributed by atoms with Crippen LogP contribution in [0.3, 0.4) is 0 Å². The Balaban J connectivity index is 1.95. The predicted octanol–water partition coefficient (Wildman–Crippen LogP) is 5.10. The summed E-state index contributed by atoms with van der Waals surface area (Å²) in [6.45, 7) is 1.01. The molecule has 0 saturated carbocycles. The molecule has 0 N–H and O–H groups in total. The number of carbonyl (C=O) groups is 1. The molecule has 0 saturated heterocycles. The Kier molecular flexibility index (Phi) is 6.75. The third-order valence-corrected chi connectivity index (χ3v) is 3.97. The van der Waals surface area contributed by atoms with Gasteiger partial charge in [-0.2, -0.15) is 13.2 Å². The van der Waals surface area contributed by atoms with E-state index in [0.717, 1.165) is 31.5 Å². The Bertz CT molecular complexity index is 744. The van der Waals surface area contributed by atoms with Gasteiger partial charge in [0.15, 0.2) is 5.78 Å². The summed E-state index contributed by atoms with van der Waals surface area (Å²) in [6.07, 6.45) is 0.547. The number of ketones is 1. The Morgan fingerprint density at radius 1 is 1.00 bits per heavy atom. The summed E-state index contributed by atoms with van der Waals surface area (Å²) >= 11 is 0. The van der Waals surface area contributed by atoms with Crippen molar-refractivity contribution < 1.29 is 18.0 Å². The molecule has 2 rings (SSSR count). The minimum atomic E-state index is -4.35. The lowest BCUT2D eigenvalue weighted by Gasteiger charge is -2.09. The van der Waals surface area contributed by atoms with Gasteiger partial charge in [0.2, 0.25) is 0 Å². The maximum absolute atomic E-state index is 12.5. The van der Waals surface area contributed by atoms with Gasteiger partial charge in [-0.3, -0.25) is 4.79 Å². The lowest BCUT2D eigenvalue weighted by Crippen LogP contribution is -2.13. The number of rotatable bonds is 7. The third-order valence-electron chi connectivity index (χ3n) is 3.97. The van der Waals surface area contributed by atoms with Gasteiger partial charge in [0, 0.05) is 5.56 Å². The Morgan fingerprint density at radius 3 is 2.15 bits per heavy atom. The molecule has 5 heteroatoms. The van der Waals surface area contributed by atoms with E-state index >= 15 is 0 Å². The van der Waals surface area contributed by atoms with E-state index in [4.69, 9.17) is 0 Å². The predicted molar refractivity (Wildman–Crippen MR) is 98.1 cm³/mol. The van der Waals surface area contributed by atoms with Crippen molar-refractivity contribution in [2.45, 2.75) is 19.0 Å². The molecular formula is C21H22F3NO. The fourth-order valence-electron chi connectivity index (χ4n) is 2.49. The SMILES string of the molecule is CN(C)CCCc1ccc(C(=O)/C=C/c2ccc(C(F)(F)F)cc2)cc1. The van der Waals surface area contributed by atoms with Gasteiger partial charge >= 0.3 is 6.18 Å². The first-order valence-corrected chi connectivity index (χ1v) is 8.39. The van der Waals surface area contributed by atoms with Crippen LogP contribution in [0.2, 0.25) is 0 Å². The van der Waals surface area contributed by atoms with Crippen molar-refractivity contribution in [2.75, 3.05) is 20.6 Å². The highest BCUT2D eigenvalue weighted by molar-refractivity contribution is 6.06. The van der Waals surface area contributed by atoms with Crippen LogP contribution in [-0.2, 0) is 12.6 Å². The van der Waals surface area contributed by atoms with Crippen LogP contribution < -0.4 is 0 Å². The lowest BCUT2D eigenvalue weighted by molar-refractivity contribution is -0.137. The normalized spacial score (nSPS) is 12.1. The highest BCUT2D eigenvalue weighted by Gasteiger charge is 2.29. The Morgan fingerprint density at radius 2 is 1.62 bits per heavy atom. The number of allylic oxidation sites excluding steroid dienone is 1. The maximum atomic E-state index is 12.5. The maximum Gasteiger partial charge on any atom is 0.416 e. The van der Waals surface area contributed by atoms with Gasteiger partial charge in [-0.25, -0.2) is 0 Å². The number of benzene rings is 2. The third kappa shape index (κ3) is 6.15. The number of nitrogens with zero attached hydrogens (tertiary/aromatic N) is 1. The van der Waals surface area contributed by atoms with Gasteiger partial charge in [0.25, 0.3) is 0 Å². The summed E-state index contributed by atoms with van der Waals surface area (Å²) in [4.78, 5) is 14.3. The van der Waals surface area contributed by atoms with Gasteiger partial charge in [-0.15, -0.1) is 0 Å². The highest BCUT2D eigenvalue weighted by Crippen LogP contribution is 2.29. The van der Waals surface area contributed by atoms with Crippen molar-refractivity contribution in [3.05, 3.63) is 76.9 Å². The fraction of sp³-hybridized carbons (Fsp3) is 0.286. The zero-order valence-corrected chi connectivity index (χ0v) is 14.9. The van der Waals surface area contributed by atoms with Crippen molar-refractivity contribution in [2.24, 2.45) is 0 Å². The van der Waals surface area contributed by atoms with Gasteiger partial charge in [0.05, 0.1) is 5.56 Å². The molecule has 0 spiro atoms. The number of alkyl halides is 3. The smallest absolute Gasteiger partial charge is 0.309 e. The van der Waals surface area contributed by atoms with E-state index in [-0.39, 0.29) is 5.78 Å². The van der Waals surface area contributed by atoms with Crippen molar-refractivity contribution in [1.82, 2.24) is 4.90 Å². The van der Waals surface area contributed by atoms with Crippen LogP contribution in [0, 0.1) is 0 Å². The van der Waals surface area contributed by atoms with Gasteiger partial charge < -0.3 is 4.90 Å². The first-order valence-electron chi connectivity index (χ1n) is 8.39. The molecule has 2 aromatic rings. The molecule has 0 unspecified atom stereocenters. The number of halogens is 3. The molecular weight excluding hydrogens is 339 g/mol. The zero-order chi connectivity index (χ0) is 19.2. The molecule has 0 aliphatic carbocycles. The zero-order valence-electron chi connectivity index (χ0n) is 14.9. The molecule has 0 fully saturated rings. The second kappa shape index (κ2) is 8.81. The number of hydrogen-bond acceptors (Lipinski definition) is 2. The first kappa shape index (κ1) is 19.9. The van der Waals surface area contributed by atoms with Crippen LogP contribution in [0.4, 0.5) is 13.2 Å². The largest absolute Gasteiger partial charge is 0.416 e. The minimum absolute atomic E-state index is 0.176. The van der Waals surface area contributed by atoms with E-state index in [2.05, 4.69) is 4.90 Å². The molecule has 0 radical (unpaired) electrons. The van der Waals surface area contributed by atoms with E-state index in [1.807, 2.05) is 26.2 Å². The topological polar surface area (TPSA) is 20.3 Å². The van der Waals surface area contributed by atoms with Crippen LogP contribution in [-0.4, -0.2) is 31.3 Å². The van der Waals surface area contributed by atoms with Gasteiger partial charge in [-0.05, 0) is 62.8 Å². The summed E-state index contributed by atoms with van der Waals surface area (Å²) in [5.41, 5.74) is 1.58. The molecule has 0 bridgehead atoms. The Hall–Kier alpha value is -2.40. The molecule has 0 aliphatic heterocycles. The van der Waals surface area contributed by atoms with Crippen LogP contribution in [0.25, 0.3) is 6.08 Å². The van der Waals surface area contributed by atoms with Crippen LogP contribution in [0.5, 0.6) is 0 Å². The number of carbonyl (C=O) groups excluding carboxylic acids is 1. The highest BCUT2D eigenvalue weighted by atomic mass is 19.4. The summed E-state index contributed by atoms with van der Waals surface area (Å²) < 4.78 is 37.6. The molecule has 2 aromatic carbocycles. The van der Waals surface area contributed by atoms with E-state index in [1.165, 1.54) is 29.8 Å². The minimum Gasteiger partial charge on any atom is -0.309 e. The van der Waals surface area contributed by atoms with E-state index < -0.39 is 11.7 Å². The van der Waals surface area contributed by atoms with Crippen molar-refractivity contribution >= 4 is 11.9 Å². The molecule has 0 aliphatic rings. The summed E-state index contributed by atoms with van der Waals surface area (Å²) in [6, 6.07) is 12.2. The monoisotopic (exact) mass is 361 g/mol. The van der Waals surface area contributed by atoms with Gasteiger partial charge in [0.1, 0.15) is 0 Å². The molecule has 0 amide bonds. The second-order valence-corrected chi connectivity index (χ2v) is 6.42. The molecule has 0 heterocycles. The number of hydrogen-bond donors (Lipinski definition) is 0. The van der Waals surface area contributed by atoms with Crippen molar-refractivity contribution in [3.63, 3.8) is 0 Å².